The largest absolute Gasteiger partial charge is 0.386 e. The molecule has 0 radical (unpaired) electrons. The minimum atomic E-state index is -0.629. The Kier molecular flexibility index (Phi) is 2.15. The molecule has 3 nitrogen and oxygen atoms in total. The lowest BCUT2D eigenvalue weighted by molar-refractivity contribution is 0.00817. The van der Waals surface area contributed by atoms with Gasteiger partial charge in [-0.25, -0.2) is 4.39 Å². The Labute approximate surface area is 82.2 Å². The maximum Gasteiger partial charge on any atom is 0.164 e. The molecule has 0 saturated carbocycles. The van der Waals surface area contributed by atoms with E-state index in [9.17, 15) is 9.50 Å². The van der Waals surface area contributed by atoms with Gasteiger partial charge in [0.2, 0.25) is 0 Å². The predicted molar refractivity (Wildman–Crippen MR) is 51.6 cm³/mol. The highest BCUT2D eigenvalue weighted by Crippen LogP contribution is 2.30. The summed E-state index contributed by atoms with van der Waals surface area (Å²) < 4.78 is 13.2. The summed E-state index contributed by atoms with van der Waals surface area (Å²) in [4.78, 5) is 5.50. The summed E-state index contributed by atoms with van der Waals surface area (Å²) in [5.41, 5.74) is -0.103. The maximum absolute atomic E-state index is 13.2. The van der Waals surface area contributed by atoms with E-state index in [-0.39, 0.29) is 5.82 Å². The molecule has 1 aliphatic rings. The predicted octanol–water partition coefficient (Wildman–Crippen LogP) is 1.18. The molecule has 0 amide bonds. The zero-order valence-corrected chi connectivity index (χ0v) is 8.07. The van der Waals surface area contributed by atoms with Crippen LogP contribution in [0.15, 0.2) is 18.5 Å². The second-order valence-corrected chi connectivity index (χ2v) is 3.76. The lowest BCUT2D eigenvalue weighted by Gasteiger charge is -2.47. The van der Waals surface area contributed by atoms with E-state index >= 15 is 0 Å². The van der Waals surface area contributed by atoms with E-state index in [1.807, 2.05) is 11.8 Å². The van der Waals surface area contributed by atoms with Crippen LogP contribution in [0, 0.1) is 5.82 Å². The van der Waals surface area contributed by atoms with E-state index in [4.69, 9.17) is 0 Å². The fourth-order valence-corrected chi connectivity index (χ4v) is 1.68. The van der Waals surface area contributed by atoms with Gasteiger partial charge in [-0.1, -0.05) is 6.92 Å². The van der Waals surface area contributed by atoms with Crippen LogP contribution < -0.4 is 4.90 Å². The van der Waals surface area contributed by atoms with Crippen LogP contribution in [0.5, 0.6) is 0 Å². The minimum absolute atomic E-state index is 0.328. The van der Waals surface area contributed by atoms with Crippen molar-refractivity contribution in [2.24, 2.45) is 0 Å². The Morgan fingerprint density at radius 1 is 1.64 bits per heavy atom. The van der Waals surface area contributed by atoms with Crippen LogP contribution in [0.25, 0.3) is 0 Å². The molecule has 1 aliphatic heterocycles. The van der Waals surface area contributed by atoms with Crippen molar-refractivity contribution in [2.45, 2.75) is 18.9 Å². The summed E-state index contributed by atoms with van der Waals surface area (Å²) in [5, 5.41) is 9.76. The smallest absolute Gasteiger partial charge is 0.164 e. The fraction of sp³-hybridized carbons (Fsp3) is 0.500. The summed E-state index contributed by atoms with van der Waals surface area (Å²) in [6.45, 7) is 2.94. The molecular formula is C10H13FN2O. The van der Waals surface area contributed by atoms with Crippen molar-refractivity contribution in [2.75, 3.05) is 18.0 Å². The van der Waals surface area contributed by atoms with Crippen molar-refractivity contribution < 1.29 is 9.50 Å². The molecule has 2 heterocycles. The van der Waals surface area contributed by atoms with Crippen LogP contribution in [0.2, 0.25) is 0 Å². The Balaban J connectivity index is 2.10. The summed E-state index contributed by atoms with van der Waals surface area (Å²) in [6.07, 6.45) is 3.45. The molecule has 0 unspecified atom stereocenters. The van der Waals surface area contributed by atoms with Gasteiger partial charge in [-0.3, -0.25) is 4.98 Å². The van der Waals surface area contributed by atoms with Gasteiger partial charge >= 0.3 is 0 Å². The second-order valence-electron chi connectivity index (χ2n) is 3.76. The van der Waals surface area contributed by atoms with Crippen molar-refractivity contribution in [3.8, 4) is 0 Å². The van der Waals surface area contributed by atoms with Gasteiger partial charge in [-0.05, 0) is 12.5 Å². The van der Waals surface area contributed by atoms with Gasteiger partial charge in [-0.15, -0.1) is 0 Å². The SMILES string of the molecule is CCC1(O)CN(c2ccncc2F)C1. The number of pyridine rings is 1. The van der Waals surface area contributed by atoms with Crippen LogP contribution >= 0.6 is 0 Å². The van der Waals surface area contributed by atoms with Crippen molar-refractivity contribution in [3.63, 3.8) is 0 Å². The number of halogens is 1. The zero-order valence-electron chi connectivity index (χ0n) is 8.07. The van der Waals surface area contributed by atoms with E-state index in [0.29, 0.717) is 25.2 Å². The highest BCUT2D eigenvalue weighted by molar-refractivity contribution is 5.50. The van der Waals surface area contributed by atoms with Crippen molar-refractivity contribution in [1.82, 2.24) is 4.98 Å². The number of aromatic nitrogens is 1. The molecule has 0 atom stereocenters. The lowest BCUT2D eigenvalue weighted by Crippen LogP contribution is -2.61. The molecule has 2 rings (SSSR count). The van der Waals surface area contributed by atoms with E-state index in [2.05, 4.69) is 4.98 Å². The van der Waals surface area contributed by atoms with Gasteiger partial charge < -0.3 is 10.0 Å². The topological polar surface area (TPSA) is 36.4 Å². The second kappa shape index (κ2) is 3.20. The molecule has 0 aromatic carbocycles. The van der Waals surface area contributed by atoms with Crippen molar-refractivity contribution in [3.05, 3.63) is 24.3 Å². The number of anilines is 1. The standard InChI is InChI=1S/C10H13FN2O/c1-2-10(14)6-13(7-10)9-3-4-12-5-8(9)11/h3-5,14H,2,6-7H2,1H3. The summed E-state index contributed by atoms with van der Waals surface area (Å²) >= 11 is 0. The van der Waals surface area contributed by atoms with Gasteiger partial charge in [0.05, 0.1) is 17.5 Å². The van der Waals surface area contributed by atoms with Crippen molar-refractivity contribution in [1.29, 1.82) is 0 Å². The third-order valence-electron chi connectivity index (χ3n) is 2.72. The van der Waals surface area contributed by atoms with Crippen LogP contribution in [-0.2, 0) is 0 Å². The molecule has 4 heteroatoms. The van der Waals surface area contributed by atoms with E-state index in [1.165, 1.54) is 6.20 Å². The first-order valence-electron chi connectivity index (χ1n) is 4.71. The highest BCUT2D eigenvalue weighted by Gasteiger charge is 2.40. The van der Waals surface area contributed by atoms with Crippen LogP contribution in [0.3, 0.4) is 0 Å². The van der Waals surface area contributed by atoms with Crippen LogP contribution in [0.1, 0.15) is 13.3 Å². The van der Waals surface area contributed by atoms with Crippen LogP contribution in [0.4, 0.5) is 10.1 Å². The van der Waals surface area contributed by atoms with Gasteiger partial charge in [0.15, 0.2) is 5.82 Å². The molecule has 14 heavy (non-hydrogen) atoms. The highest BCUT2D eigenvalue weighted by atomic mass is 19.1. The Hall–Kier alpha value is -1.16. The maximum atomic E-state index is 13.2. The van der Waals surface area contributed by atoms with E-state index in [1.54, 1.807) is 12.3 Å². The first kappa shape index (κ1) is 9.40. The summed E-state index contributed by atoms with van der Waals surface area (Å²) in [7, 11) is 0. The molecule has 1 fully saturated rings. The molecule has 0 bridgehead atoms. The first-order chi connectivity index (χ1) is 6.64. The molecular weight excluding hydrogens is 183 g/mol. The molecule has 0 spiro atoms. The summed E-state index contributed by atoms with van der Waals surface area (Å²) in [5.74, 6) is -0.328. The molecule has 0 aliphatic carbocycles. The van der Waals surface area contributed by atoms with E-state index in [0.717, 1.165) is 0 Å². The molecule has 1 N–H and O–H groups in total. The van der Waals surface area contributed by atoms with Crippen molar-refractivity contribution >= 4 is 5.69 Å². The average molecular weight is 196 g/mol. The third-order valence-corrected chi connectivity index (χ3v) is 2.72. The van der Waals surface area contributed by atoms with Gasteiger partial charge in [0.25, 0.3) is 0 Å². The number of hydrogen-bond acceptors (Lipinski definition) is 3. The normalized spacial score (nSPS) is 19.2. The van der Waals surface area contributed by atoms with Gasteiger partial charge in [-0.2, -0.15) is 0 Å². The lowest BCUT2D eigenvalue weighted by atomic mass is 9.91. The molecule has 1 saturated heterocycles. The first-order valence-corrected chi connectivity index (χ1v) is 4.71. The van der Waals surface area contributed by atoms with Crippen LogP contribution in [-0.4, -0.2) is 28.8 Å². The average Bonchev–Trinajstić information content (AvgIpc) is 2.14. The fourth-order valence-electron chi connectivity index (χ4n) is 1.68. The van der Waals surface area contributed by atoms with Gasteiger partial charge in [0.1, 0.15) is 0 Å². The quantitative estimate of drug-likeness (QED) is 0.771. The summed E-state index contributed by atoms with van der Waals surface area (Å²) in [6, 6.07) is 1.63. The number of nitrogens with zero attached hydrogens (tertiary/aromatic N) is 2. The Morgan fingerprint density at radius 3 is 2.93 bits per heavy atom. The minimum Gasteiger partial charge on any atom is -0.386 e. The molecule has 1 aromatic heterocycles. The Bertz CT molecular complexity index is 337. The number of β-amino-alcohol motifs (C(OH)–C–C–N with tert-alkyl or cyclic N) is 1. The monoisotopic (exact) mass is 196 g/mol. The van der Waals surface area contributed by atoms with E-state index < -0.39 is 5.60 Å². The molecule has 1 aromatic rings. The zero-order chi connectivity index (χ0) is 10.2. The Morgan fingerprint density at radius 2 is 2.36 bits per heavy atom. The van der Waals surface area contributed by atoms with Gasteiger partial charge in [0, 0.05) is 19.3 Å². The number of hydrogen-bond donors (Lipinski definition) is 1. The number of rotatable bonds is 2. The third kappa shape index (κ3) is 1.46. The molecule has 76 valence electrons. The number of aliphatic hydroxyl groups is 1.